The molecule has 4 aromatic carbocycles. The van der Waals surface area contributed by atoms with Gasteiger partial charge in [0.05, 0.1) is 45.6 Å². The minimum Gasteiger partial charge on any atom is -0.494 e. The number of nitrogens with zero attached hydrogens (tertiary/aromatic N) is 6. The van der Waals surface area contributed by atoms with Crippen LogP contribution in [0.5, 0.6) is 5.75 Å². The molecule has 1 saturated carbocycles. The molecule has 0 bridgehead atoms. The molecule has 11 rings (SSSR count). The third-order valence-electron chi connectivity index (χ3n) is 16.8. The maximum atomic E-state index is 14.2. The number of aliphatic hydroxyl groups excluding tert-OH is 1. The third-order valence-corrected chi connectivity index (χ3v) is 20.0. The number of β-amino-alcohol motifs (C(OH)–C–C–N with tert-alkyl or cyclic N) is 1. The van der Waals surface area contributed by atoms with Gasteiger partial charge in [0.25, 0.3) is 5.91 Å². The zero-order valence-electron chi connectivity index (χ0n) is 48.3. The molecular formula is C65H71N9O8S3. The van der Waals surface area contributed by atoms with Crippen molar-refractivity contribution in [2.45, 2.75) is 117 Å². The van der Waals surface area contributed by atoms with E-state index in [2.05, 4.69) is 52.5 Å². The van der Waals surface area contributed by atoms with E-state index in [4.69, 9.17) is 4.74 Å². The van der Waals surface area contributed by atoms with E-state index in [9.17, 15) is 34.2 Å². The van der Waals surface area contributed by atoms with Gasteiger partial charge in [0.15, 0.2) is 16.0 Å². The van der Waals surface area contributed by atoms with Crippen LogP contribution in [0.4, 0.5) is 10.3 Å². The molecule has 3 aliphatic heterocycles. The smallest absolute Gasteiger partial charge is 0.355 e. The molecule has 7 aromatic rings. The minimum absolute atomic E-state index is 0.0193. The predicted molar refractivity (Wildman–Crippen MR) is 332 cm³/mol. The number of carbonyl (C=O) groups is 5. The molecule has 1 spiro atoms. The van der Waals surface area contributed by atoms with Crippen molar-refractivity contribution in [2.24, 2.45) is 16.7 Å². The highest BCUT2D eigenvalue weighted by atomic mass is 32.1. The molecule has 20 heteroatoms. The van der Waals surface area contributed by atoms with Crippen LogP contribution in [0, 0.1) is 35.5 Å². The highest BCUT2D eigenvalue weighted by Gasteiger charge is 2.47. The number of para-hydroxylation sites is 1. The Morgan fingerprint density at radius 1 is 0.929 bits per heavy atom. The number of hydrogen-bond acceptors (Lipinski definition) is 15. The van der Waals surface area contributed by atoms with E-state index in [1.165, 1.54) is 27.6 Å². The Bertz CT molecular complexity index is 3620. The minimum atomic E-state index is -1.07. The summed E-state index contributed by atoms with van der Waals surface area (Å²) in [6.07, 6.45) is 6.20. The van der Waals surface area contributed by atoms with E-state index < -0.39 is 29.6 Å². The van der Waals surface area contributed by atoms with Gasteiger partial charge < -0.3 is 35.4 Å². The number of aliphatic hydroxyl groups is 1. The van der Waals surface area contributed by atoms with Crippen molar-refractivity contribution in [1.82, 2.24) is 35.4 Å². The van der Waals surface area contributed by atoms with E-state index in [1.54, 1.807) is 11.3 Å². The number of likely N-dealkylation sites (tertiary alicyclic amines) is 2. The van der Waals surface area contributed by atoms with E-state index in [-0.39, 0.29) is 60.8 Å². The number of amides is 4. The highest BCUT2D eigenvalue weighted by molar-refractivity contribution is 7.22. The lowest BCUT2D eigenvalue weighted by molar-refractivity contribution is -0.144. The fourth-order valence-electron chi connectivity index (χ4n) is 12.2. The first-order valence-corrected chi connectivity index (χ1v) is 31.7. The van der Waals surface area contributed by atoms with Crippen LogP contribution < -0.4 is 25.6 Å². The zero-order valence-corrected chi connectivity index (χ0v) is 50.8. The van der Waals surface area contributed by atoms with Crippen LogP contribution in [0.1, 0.15) is 119 Å². The number of ether oxygens (including phenoxy) is 1. The van der Waals surface area contributed by atoms with Crippen LogP contribution in [0.2, 0.25) is 0 Å². The van der Waals surface area contributed by atoms with E-state index in [0.29, 0.717) is 71.3 Å². The highest BCUT2D eigenvalue weighted by Crippen LogP contribution is 2.46. The molecule has 0 radical (unpaired) electrons. The number of aryl methyl sites for hydroxylation is 2. The fraction of sp³-hybridized carbons (Fsp3) is 0.415. The van der Waals surface area contributed by atoms with Crippen molar-refractivity contribution < 1.29 is 38.9 Å². The van der Waals surface area contributed by atoms with Crippen LogP contribution in [0.15, 0.2) is 96.5 Å². The molecule has 1 aliphatic carbocycles. The van der Waals surface area contributed by atoms with Crippen molar-refractivity contribution in [2.75, 3.05) is 49.5 Å². The second-order valence-corrected chi connectivity index (χ2v) is 27.1. The summed E-state index contributed by atoms with van der Waals surface area (Å²) in [5.74, 6) is 5.73. The molecule has 85 heavy (non-hydrogen) atoms. The number of carboxylic acid groups (broad SMARTS) is 1. The van der Waals surface area contributed by atoms with Crippen LogP contribution in [0.25, 0.3) is 20.7 Å². The first-order valence-electron chi connectivity index (χ1n) is 29.2. The van der Waals surface area contributed by atoms with Crippen LogP contribution in [-0.4, -0.2) is 122 Å². The summed E-state index contributed by atoms with van der Waals surface area (Å²) in [4.78, 5) is 88.4. The van der Waals surface area contributed by atoms with Crippen molar-refractivity contribution in [1.29, 1.82) is 0 Å². The average Bonchev–Trinajstić information content (AvgIpc) is 3.93. The Labute approximate surface area is 507 Å². The van der Waals surface area contributed by atoms with Crippen molar-refractivity contribution in [3.8, 4) is 28.0 Å². The lowest BCUT2D eigenvalue weighted by atomic mass is 9.65. The third kappa shape index (κ3) is 13.9. The largest absolute Gasteiger partial charge is 0.494 e. The Morgan fingerprint density at radius 2 is 1.71 bits per heavy atom. The second kappa shape index (κ2) is 25.6. The monoisotopic (exact) mass is 1200 g/mol. The number of aromatic carboxylic acids is 1. The Kier molecular flexibility index (Phi) is 17.8. The number of thiazole rings is 3. The molecule has 3 aromatic heterocycles. The van der Waals surface area contributed by atoms with E-state index in [1.807, 2.05) is 124 Å². The first-order chi connectivity index (χ1) is 40.9. The number of rotatable bonds is 18. The number of anilines is 2. The van der Waals surface area contributed by atoms with Gasteiger partial charge in [-0.2, -0.15) is 0 Å². The number of hydrogen-bond donors (Lipinski definition) is 5. The van der Waals surface area contributed by atoms with E-state index >= 15 is 0 Å². The lowest BCUT2D eigenvalue weighted by Crippen LogP contribution is -2.62. The van der Waals surface area contributed by atoms with Gasteiger partial charge in [-0.1, -0.05) is 92.5 Å². The molecule has 2 saturated heterocycles. The van der Waals surface area contributed by atoms with Crippen LogP contribution >= 0.6 is 34.0 Å². The first kappa shape index (κ1) is 59.2. The molecule has 442 valence electrons. The van der Waals surface area contributed by atoms with Gasteiger partial charge in [-0.25, -0.2) is 19.7 Å². The van der Waals surface area contributed by atoms with Gasteiger partial charge in [0.2, 0.25) is 17.7 Å². The van der Waals surface area contributed by atoms with Gasteiger partial charge in [-0.05, 0) is 133 Å². The summed E-state index contributed by atoms with van der Waals surface area (Å²) < 4.78 is 7.08. The number of aromatic nitrogens is 3. The van der Waals surface area contributed by atoms with Gasteiger partial charge >= 0.3 is 5.97 Å². The van der Waals surface area contributed by atoms with Crippen molar-refractivity contribution >= 4 is 84.1 Å². The standard InChI is InChI=1S/C65H71N9O8S3/c1-40-56(83-39-67-40)45-21-17-43(18-22-45)33-66-59(78)51-32-46(75)34-74(51)60(79)57(64(2,3)4)69-54(76)36-72-37-65(38-72)28-25-42(26-29-65)11-7-10-41-19-23-47(24-20-41)82-31-9-16-53-55(61(80)81)70-63(85-53)73-30-27-44-12-8-13-48(49(44)35-73)58(77)71-62-68-50-14-5-6-15-52(50)84-62/h5-6,8,12-15,17-24,39,42,46,51,57,75H,9,11,16,25-38H2,1-4H3,(H,66,78)(H,69,76)(H,80,81)(H,68,71,77)/t46-,51+,57-/m1/s1. The van der Waals surface area contributed by atoms with Crippen molar-refractivity contribution in [3.05, 3.63) is 141 Å². The maximum Gasteiger partial charge on any atom is 0.355 e. The number of carbonyl (C=O) groups excluding carboxylic acids is 4. The molecule has 0 unspecified atom stereocenters. The quantitative estimate of drug-likeness (QED) is 0.0400. The summed E-state index contributed by atoms with van der Waals surface area (Å²) in [7, 11) is 0. The summed E-state index contributed by atoms with van der Waals surface area (Å²) >= 11 is 4.39. The van der Waals surface area contributed by atoms with Gasteiger partial charge in [0.1, 0.15) is 17.8 Å². The Hall–Kier alpha value is -7.54. The normalized spacial score (nSPS) is 18.0. The molecule has 6 heterocycles. The summed E-state index contributed by atoms with van der Waals surface area (Å²) in [6, 6.07) is 27.5. The molecular weight excluding hydrogens is 1130 g/mol. The van der Waals surface area contributed by atoms with Gasteiger partial charge in [-0.15, -0.1) is 22.7 Å². The lowest BCUT2D eigenvalue weighted by Gasteiger charge is -2.53. The molecule has 3 atom stereocenters. The summed E-state index contributed by atoms with van der Waals surface area (Å²) in [5, 5.41) is 31.0. The fourth-order valence-corrected chi connectivity index (χ4v) is 15.0. The zero-order chi connectivity index (χ0) is 59.4. The number of fused-ring (bicyclic) bond motifs is 2. The average molecular weight is 1200 g/mol. The van der Waals surface area contributed by atoms with Crippen molar-refractivity contribution in [3.63, 3.8) is 0 Å². The number of carboxylic acids is 1. The SMILES string of the molecule is Cc1ncsc1-c1ccc(CNC(=O)[C@@H]2C[C@@H](O)CN2C(=O)[C@@H](NC(=O)CN2CC3(CCC(CC#Cc4ccc(OCCCc5sc(N6CCc7cccc(C(=O)Nc8nc9ccccc9s8)c7C6)nc5C(=O)O)cc4)CC3)C2)C(C)(C)C)cc1. The number of benzene rings is 4. The van der Waals surface area contributed by atoms with E-state index in [0.717, 1.165) is 93.8 Å². The summed E-state index contributed by atoms with van der Waals surface area (Å²) in [6.45, 7) is 11.3. The maximum absolute atomic E-state index is 14.2. The van der Waals surface area contributed by atoms with Crippen LogP contribution in [0.3, 0.4) is 0 Å². The molecule has 4 amide bonds. The topological polar surface area (TPSA) is 220 Å². The summed E-state index contributed by atoms with van der Waals surface area (Å²) in [5.41, 5.74) is 8.65. The molecule has 3 fully saturated rings. The van der Waals surface area contributed by atoms with Crippen LogP contribution in [-0.2, 0) is 40.3 Å². The van der Waals surface area contributed by atoms with Gasteiger partial charge in [-0.3, -0.25) is 29.4 Å². The second-order valence-electron chi connectivity index (χ2n) is 24.1. The molecule has 5 N–H and O–H groups in total. The Morgan fingerprint density at radius 3 is 2.44 bits per heavy atom. The molecule has 17 nitrogen and oxygen atoms in total. The predicted octanol–water partition coefficient (Wildman–Crippen LogP) is 9.75. The molecule has 4 aliphatic rings. The Balaban J connectivity index is 0.592. The van der Waals surface area contributed by atoms with Gasteiger partial charge in [0, 0.05) is 68.1 Å². The number of nitrogens with one attached hydrogen (secondary N) is 3.